The number of rotatable bonds is 4. The van der Waals surface area contributed by atoms with Crippen LogP contribution < -0.4 is 4.74 Å². The average Bonchev–Trinajstić information content (AvgIpc) is 2.29. The van der Waals surface area contributed by atoms with Crippen LogP contribution in [0.15, 0.2) is 23.1 Å². The van der Waals surface area contributed by atoms with Crippen molar-refractivity contribution >= 4 is 18.0 Å². The number of aliphatic carboxylic acids is 1. The minimum absolute atomic E-state index is 0.0470. The number of para-hydroxylation sites is 1. The fourth-order valence-electron chi connectivity index (χ4n) is 1.93. The summed E-state index contributed by atoms with van der Waals surface area (Å²) in [5.74, 6) is -0.0489. The van der Waals surface area contributed by atoms with Gasteiger partial charge in [-0.1, -0.05) is 12.1 Å². The largest absolute Gasteiger partial charge is 0.488 e. The Hall–Kier alpha value is -1.20. The number of carboxylic acid groups (broad SMARTS) is 1. The molecule has 4 nitrogen and oxygen atoms in total. The van der Waals surface area contributed by atoms with Gasteiger partial charge in [-0.3, -0.25) is 4.79 Å². The SMILES string of the molecule is COSc1cccc2c1OC(CC(=O)O)CC2. The van der Waals surface area contributed by atoms with Crippen molar-refractivity contribution in [3.63, 3.8) is 0 Å². The molecule has 0 spiro atoms. The first-order chi connectivity index (χ1) is 8.20. The minimum Gasteiger partial charge on any atom is -0.488 e. The van der Waals surface area contributed by atoms with Gasteiger partial charge in [0.15, 0.2) is 0 Å². The Morgan fingerprint density at radius 1 is 1.65 bits per heavy atom. The lowest BCUT2D eigenvalue weighted by atomic mass is 10.0. The molecule has 0 aliphatic carbocycles. The van der Waals surface area contributed by atoms with Crippen molar-refractivity contribution in [2.45, 2.75) is 30.3 Å². The van der Waals surface area contributed by atoms with Crippen molar-refractivity contribution in [2.75, 3.05) is 7.11 Å². The third kappa shape index (κ3) is 2.92. The number of aryl methyl sites for hydroxylation is 1. The van der Waals surface area contributed by atoms with Gasteiger partial charge in [-0.25, -0.2) is 0 Å². The Balaban J connectivity index is 2.19. The molecule has 0 saturated carbocycles. The minimum atomic E-state index is -0.824. The summed E-state index contributed by atoms with van der Waals surface area (Å²) in [4.78, 5) is 11.6. The fraction of sp³-hybridized carbons (Fsp3) is 0.417. The summed E-state index contributed by atoms with van der Waals surface area (Å²) in [7, 11) is 1.60. The van der Waals surface area contributed by atoms with Crippen LogP contribution in [0.4, 0.5) is 0 Å². The first kappa shape index (κ1) is 12.3. The van der Waals surface area contributed by atoms with Crippen LogP contribution >= 0.6 is 12.0 Å². The Morgan fingerprint density at radius 3 is 3.18 bits per heavy atom. The maximum Gasteiger partial charge on any atom is 0.307 e. The van der Waals surface area contributed by atoms with E-state index in [-0.39, 0.29) is 12.5 Å². The highest BCUT2D eigenvalue weighted by Gasteiger charge is 2.24. The van der Waals surface area contributed by atoms with Gasteiger partial charge in [0.25, 0.3) is 0 Å². The Kier molecular flexibility index (Phi) is 3.91. The van der Waals surface area contributed by atoms with Crippen molar-refractivity contribution in [1.82, 2.24) is 0 Å². The second kappa shape index (κ2) is 5.42. The van der Waals surface area contributed by atoms with Crippen LogP contribution in [0.3, 0.4) is 0 Å². The summed E-state index contributed by atoms with van der Waals surface area (Å²) >= 11 is 1.24. The van der Waals surface area contributed by atoms with Gasteiger partial charge < -0.3 is 14.0 Å². The predicted molar refractivity (Wildman–Crippen MR) is 64.3 cm³/mol. The monoisotopic (exact) mass is 254 g/mol. The molecule has 1 aliphatic heterocycles. The first-order valence-corrected chi connectivity index (χ1v) is 6.16. The van der Waals surface area contributed by atoms with Crippen molar-refractivity contribution < 1.29 is 18.8 Å². The molecule has 0 fully saturated rings. The molecule has 0 saturated heterocycles. The van der Waals surface area contributed by atoms with Crippen LogP contribution in [0.1, 0.15) is 18.4 Å². The molecule has 0 radical (unpaired) electrons. The quantitative estimate of drug-likeness (QED) is 0.837. The van der Waals surface area contributed by atoms with E-state index >= 15 is 0 Å². The van der Waals surface area contributed by atoms with Crippen LogP contribution in [0.5, 0.6) is 5.75 Å². The Labute approximate surface area is 104 Å². The normalized spacial score (nSPS) is 18.3. The van der Waals surface area contributed by atoms with Gasteiger partial charge in [-0.2, -0.15) is 0 Å². The molecule has 17 heavy (non-hydrogen) atoms. The molecule has 2 rings (SSSR count). The molecule has 1 unspecified atom stereocenters. The van der Waals surface area contributed by atoms with E-state index in [0.29, 0.717) is 0 Å². The van der Waals surface area contributed by atoms with Crippen LogP contribution in [0.25, 0.3) is 0 Å². The number of hydrogen-bond donors (Lipinski definition) is 1. The highest BCUT2D eigenvalue weighted by Crippen LogP contribution is 2.37. The van der Waals surface area contributed by atoms with Crippen molar-refractivity contribution in [2.24, 2.45) is 0 Å². The van der Waals surface area contributed by atoms with E-state index in [1.54, 1.807) is 7.11 Å². The van der Waals surface area contributed by atoms with E-state index in [9.17, 15) is 4.79 Å². The van der Waals surface area contributed by atoms with Gasteiger partial charge >= 0.3 is 5.97 Å². The predicted octanol–water partition coefficient (Wildman–Crippen LogP) is 2.51. The van der Waals surface area contributed by atoms with E-state index in [1.807, 2.05) is 18.2 Å². The number of fused-ring (bicyclic) bond motifs is 1. The summed E-state index contributed by atoms with van der Waals surface area (Å²) in [6.45, 7) is 0. The van der Waals surface area contributed by atoms with Gasteiger partial charge in [-0.05, 0) is 24.5 Å². The highest BCUT2D eigenvalue weighted by molar-refractivity contribution is 7.94. The zero-order chi connectivity index (χ0) is 12.3. The Bertz CT molecular complexity index is 419. The summed E-state index contributed by atoms with van der Waals surface area (Å²) in [6, 6.07) is 5.88. The second-order valence-corrected chi connectivity index (χ2v) is 4.81. The van der Waals surface area contributed by atoms with Gasteiger partial charge in [0.1, 0.15) is 11.9 Å². The van der Waals surface area contributed by atoms with Gasteiger partial charge in [0.05, 0.1) is 18.4 Å². The molecule has 1 heterocycles. The summed E-state index contributed by atoms with van der Waals surface area (Å²) in [5.41, 5.74) is 1.12. The van der Waals surface area contributed by atoms with Crippen LogP contribution in [-0.2, 0) is 15.4 Å². The maximum atomic E-state index is 10.7. The lowest BCUT2D eigenvalue weighted by Gasteiger charge is -2.26. The molecule has 0 aromatic heterocycles. The smallest absolute Gasteiger partial charge is 0.307 e. The standard InChI is InChI=1S/C12H14O4S/c1-15-17-10-4-2-3-8-5-6-9(7-11(13)14)16-12(8)10/h2-4,9H,5-7H2,1H3,(H,13,14). The summed E-state index contributed by atoms with van der Waals surface area (Å²) < 4.78 is 10.8. The highest BCUT2D eigenvalue weighted by atomic mass is 32.2. The van der Waals surface area contributed by atoms with E-state index in [2.05, 4.69) is 0 Å². The van der Waals surface area contributed by atoms with Crippen LogP contribution in [0, 0.1) is 0 Å². The van der Waals surface area contributed by atoms with Crippen LogP contribution in [-0.4, -0.2) is 24.3 Å². The van der Waals surface area contributed by atoms with E-state index in [1.165, 1.54) is 12.0 Å². The second-order valence-electron chi connectivity index (χ2n) is 3.87. The average molecular weight is 254 g/mol. The topological polar surface area (TPSA) is 55.8 Å². The van der Waals surface area contributed by atoms with E-state index in [4.69, 9.17) is 14.0 Å². The molecule has 0 amide bonds. The maximum absolute atomic E-state index is 10.7. The van der Waals surface area contributed by atoms with Gasteiger partial charge in [-0.15, -0.1) is 0 Å². The molecule has 92 valence electrons. The van der Waals surface area contributed by atoms with Crippen molar-refractivity contribution in [3.8, 4) is 5.75 Å². The third-order valence-electron chi connectivity index (χ3n) is 2.66. The summed E-state index contributed by atoms with van der Waals surface area (Å²) in [5, 5.41) is 8.78. The molecule has 1 aromatic carbocycles. The number of hydrogen-bond acceptors (Lipinski definition) is 4. The molecule has 5 heteroatoms. The number of ether oxygens (including phenoxy) is 1. The van der Waals surface area contributed by atoms with E-state index < -0.39 is 5.97 Å². The molecule has 1 atom stereocenters. The van der Waals surface area contributed by atoms with Crippen LogP contribution in [0.2, 0.25) is 0 Å². The number of carbonyl (C=O) groups is 1. The molecular weight excluding hydrogens is 240 g/mol. The zero-order valence-corrected chi connectivity index (χ0v) is 10.3. The fourth-order valence-corrected chi connectivity index (χ4v) is 2.50. The third-order valence-corrected chi connectivity index (χ3v) is 3.32. The molecule has 1 N–H and O–H groups in total. The van der Waals surface area contributed by atoms with Crippen molar-refractivity contribution in [3.05, 3.63) is 23.8 Å². The molecule has 0 bridgehead atoms. The molecular formula is C12H14O4S. The lowest BCUT2D eigenvalue weighted by Crippen LogP contribution is -2.25. The Morgan fingerprint density at radius 2 is 2.47 bits per heavy atom. The first-order valence-electron chi connectivity index (χ1n) is 5.41. The van der Waals surface area contributed by atoms with Gasteiger partial charge in [0, 0.05) is 12.0 Å². The zero-order valence-electron chi connectivity index (χ0n) is 9.51. The van der Waals surface area contributed by atoms with Gasteiger partial charge in [0.2, 0.25) is 0 Å². The van der Waals surface area contributed by atoms with E-state index in [0.717, 1.165) is 29.1 Å². The number of benzene rings is 1. The van der Waals surface area contributed by atoms with Crippen molar-refractivity contribution in [1.29, 1.82) is 0 Å². The molecule has 1 aromatic rings. The summed E-state index contributed by atoms with van der Waals surface area (Å²) in [6.07, 6.45) is 1.41. The number of carboxylic acids is 1. The molecule has 1 aliphatic rings. The lowest BCUT2D eigenvalue weighted by molar-refractivity contribution is -0.139.